The maximum atomic E-state index is 5.61. The molecule has 0 aliphatic heterocycles. The molecule has 102 valence electrons. The van der Waals surface area contributed by atoms with Crippen LogP contribution in [0.4, 0.5) is 0 Å². The summed E-state index contributed by atoms with van der Waals surface area (Å²) in [5, 5.41) is 3.39. The summed E-state index contributed by atoms with van der Waals surface area (Å²) in [6.45, 7) is 2.90. The molecule has 0 heterocycles. The van der Waals surface area contributed by atoms with Crippen molar-refractivity contribution in [3.63, 3.8) is 0 Å². The molecule has 0 aliphatic rings. The summed E-state index contributed by atoms with van der Waals surface area (Å²) in [5.74, 6) is 0. The van der Waals surface area contributed by atoms with E-state index in [0.717, 1.165) is 19.5 Å². The van der Waals surface area contributed by atoms with Crippen LogP contribution >= 0.6 is 0 Å². The molecule has 4 nitrogen and oxygen atoms in total. The van der Waals surface area contributed by atoms with E-state index in [1.807, 2.05) is 0 Å². The molecule has 1 aromatic carbocycles. The van der Waals surface area contributed by atoms with Crippen LogP contribution in [0.15, 0.2) is 24.3 Å². The first kappa shape index (κ1) is 15.1. The Bertz CT molecular complexity index is 331. The molecule has 0 saturated heterocycles. The molecule has 1 aromatic rings. The second-order valence-electron chi connectivity index (χ2n) is 4.25. The lowest BCUT2D eigenvalue weighted by Crippen LogP contribution is -2.31. The van der Waals surface area contributed by atoms with Crippen molar-refractivity contribution in [2.45, 2.75) is 19.1 Å². The van der Waals surface area contributed by atoms with Gasteiger partial charge in [0.25, 0.3) is 0 Å². The molecule has 0 amide bonds. The molecule has 4 heteroatoms. The maximum Gasteiger partial charge on any atom is 0.0928 e. The lowest BCUT2D eigenvalue weighted by atomic mass is 10.0. The van der Waals surface area contributed by atoms with Crippen molar-refractivity contribution in [2.75, 3.05) is 33.9 Å². The van der Waals surface area contributed by atoms with E-state index in [2.05, 4.69) is 29.6 Å². The third-order valence-electron chi connectivity index (χ3n) is 2.91. The number of rotatable bonds is 9. The van der Waals surface area contributed by atoms with Crippen LogP contribution in [0, 0.1) is 0 Å². The van der Waals surface area contributed by atoms with Crippen molar-refractivity contribution in [3.05, 3.63) is 35.4 Å². The highest BCUT2D eigenvalue weighted by Gasteiger charge is 2.06. The van der Waals surface area contributed by atoms with Crippen LogP contribution in [0.25, 0.3) is 0 Å². The van der Waals surface area contributed by atoms with Crippen LogP contribution in [0.2, 0.25) is 0 Å². The third-order valence-corrected chi connectivity index (χ3v) is 2.91. The fourth-order valence-corrected chi connectivity index (χ4v) is 1.89. The van der Waals surface area contributed by atoms with Gasteiger partial charge in [-0.3, -0.25) is 0 Å². The molecule has 18 heavy (non-hydrogen) atoms. The molecule has 1 unspecified atom stereocenters. The van der Waals surface area contributed by atoms with Crippen molar-refractivity contribution in [1.82, 2.24) is 5.32 Å². The molecule has 0 spiro atoms. The number of methoxy groups -OCH3 is 2. The Hall–Kier alpha value is -0.940. The van der Waals surface area contributed by atoms with Gasteiger partial charge in [-0.1, -0.05) is 24.3 Å². The van der Waals surface area contributed by atoms with Crippen LogP contribution in [0.3, 0.4) is 0 Å². The average Bonchev–Trinajstić information content (AvgIpc) is 2.40. The van der Waals surface area contributed by atoms with E-state index >= 15 is 0 Å². The first-order valence-corrected chi connectivity index (χ1v) is 6.31. The van der Waals surface area contributed by atoms with Crippen LogP contribution in [0.5, 0.6) is 0 Å². The Morgan fingerprint density at radius 2 is 1.94 bits per heavy atom. The first-order valence-electron chi connectivity index (χ1n) is 6.31. The predicted octanol–water partition coefficient (Wildman–Crippen LogP) is 0.939. The van der Waals surface area contributed by atoms with Crippen molar-refractivity contribution >= 4 is 0 Å². The Morgan fingerprint density at radius 1 is 1.22 bits per heavy atom. The van der Waals surface area contributed by atoms with E-state index in [4.69, 9.17) is 15.2 Å². The van der Waals surface area contributed by atoms with E-state index in [1.165, 1.54) is 11.1 Å². The van der Waals surface area contributed by atoms with Crippen LogP contribution in [-0.4, -0.2) is 40.0 Å². The molecule has 0 fully saturated rings. The van der Waals surface area contributed by atoms with E-state index in [1.54, 1.807) is 14.2 Å². The lowest BCUT2D eigenvalue weighted by molar-refractivity contribution is 0.0288. The SMILES string of the molecule is COCC(CNCc1ccccc1CCN)OC. The van der Waals surface area contributed by atoms with Gasteiger partial charge in [0, 0.05) is 27.3 Å². The highest BCUT2D eigenvalue weighted by atomic mass is 16.5. The minimum absolute atomic E-state index is 0.0941. The first-order chi connectivity index (χ1) is 8.81. The van der Waals surface area contributed by atoms with Gasteiger partial charge in [0.15, 0.2) is 0 Å². The standard InChI is InChI=1S/C14H24N2O2/c1-17-11-14(18-2)10-16-9-13-6-4-3-5-12(13)7-8-15/h3-6,14,16H,7-11,15H2,1-2H3. The summed E-state index contributed by atoms with van der Waals surface area (Å²) < 4.78 is 10.4. The fourth-order valence-electron chi connectivity index (χ4n) is 1.89. The van der Waals surface area contributed by atoms with E-state index in [9.17, 15) is 0 Å². The minimum Gasteiger partial charge on any atom is -0.382 e. The molecule has 0 aromatic heterocycles. The van der Waals surface area contributed by atoms with Gasteiger partial charge in [0.1, 0.15) is 0 Å². The molecule has 1 atom stereocenters. The van der Waals surface area contributed by atoms with Gasteiger partial charge >= 0.3 is 0 Å². The normalized spacial score (nSPS) is 12.6. The number of ether oxygens (including phenoxy) is 2. The summed E-state index contributed by atoms with van der Waals surface area (Å²) in [7, 11) is 3.39. The summed E-state index contributed by atoms with van der Waals surface area (Å²) in [5.41, 5.74) is 8.22. The third kappa shape index (κ3) is 5.14. The minimum atomic E-state index is 0.0941. The topological polar surface area (TPSA) is 56.5 Å². The number of nitrogens with one attached hydrogen (secondary N) is 1. The van der Waals surface area contributed by atoms with Gasteiger partial charge < -0.3 is 20.5 Å². The number of hydrogen-bond acceptors (Lipinski definition) is 4. The van der Waals surface area contributed by atoms with E-state index < -0.39 is 0 Å². The molecule has 0 radical (unpaired) electrons. The number of benzene rings is 1. The van der Waals surface area contributed by atoms with Crippen LogP contribution < -0.4 is 11.1 Å². The van der Waals surface area contributed by atoms with Crippen molar-refractivity contribution < 1.29 is 9.47 Å². The molecular weight excluding hydrogens is 228 g/mol. The second-order valence-corrected chi connectivity index (χ2v) is 4.25. The zero-order chi connectivity index (χ0) is 13.2. The molecule has 3 N–H and O–H groups in total. The second kappa shape index (κ2) is 9.05. The molecule has 0 bridgehead atoms. The molecule has 0 saturated carbocycles. The Balaban J connectivity index is 2.42. The Morgan fingerprint density at radius 3 is 2.56 bits per heavy atom. The van der Waals surface area contributed by atoms with Crippen molar-refractivity contribution in [1.29, 1.82) is 0 Å². The van der Waals surface area contributed by atoms with Gasteiger partial charge in [-0.15, -0.1) is 0 Å². The van der Waals surface area contributed by atoms with Crippen LogP contribution in [-0.2, 0) is 22.4 Å². The summed E-state index contributed by atoms with van der Waals surface area (Å²) in [4.78, 5) is 0. The lowest BCUT2D eigenvalue weighted by Gasteiger charge is -2.16. The van der Waals surface area contributed by atoms with Gasteiger partial charge in [0.05, 0.1) is 12.7 Å². The van der Waals surface area contributed by atoms with Gasteiger partial charge in [-0.05, 0) is 24.1 Å². The van der Waals surface area contributed by atoms with E-state index in [-0.39, 0.29) is 6.10 Å². The van der Waals surface area contributed by atoms with Crippen molar-refractivity contribution in [3.8, 4) is 0 Å². The van der Waals surface area contributed by atoms with Crippen molar-refractivity contribution in [2.24, 2.45) is 5.73 Å². The molecular formula is C14H24N2O2. The van der Waals surface area contributed by atoms with Gasteiger partial charge in [0.2, 0.25) is 0 Å². The quantitative estimate of drug-likeness (QED) is 0.687. The number of hydrogen-bond donors (Lipinski definition) is 2. The fraction of sp³-hybridized carbons (Fsp3) is 0.571. The Labute approximate surface area is 109 Å². The van der Waals surface area contributed by atoms with Gasteiger partial charge in [-0.25, -0.2) is 0 Å². The maximum absolute atomic E-state index is 5.61. The summed E-state index contributed by atoms with van der Waals surface area (Å²) in [6, 6.07) is 8.38. The largest absolute Gasteiger partial charge is 0.382 e. The van der Waals surface area contributed by atoms with Crippen LogP contribution in [0.1, 0.15) is 11.1 Å². The zero-order valence-corrected chi connectivity index (χ0v) is 11.3. The average molecular weight is 252 g/mol. The predicted molar refractivity (Wildman–Crippen MR) is 73.6 cm³/mol. The van der Waals surface area contributed by atoms with Gasteiger partial charge in [-0.2, -0.15) is 0 Å². The highest BCUT2D eigenvalue weighted by Crippen LogP contribution is 2.08. The van der Waals surface area contributed by atoms with E-state index in [0.29, 0.717) is 13.2 Å². The molecule has 1 rings (SSSR count). The monoisotopic (exact) mass is 252 g/mol. The Kier molecular flexibility index (Phi) is 7.60. The molecule has 0 aliphatic carbocycles. The smallest absolute Gasteiger partial charge is 0.0928 e. The number of nitrogens with two attached hydrogens (primary N) is 1. The summed E-state index contributed by atoms with van der Waals surface area (Å²) in [6.07, 6.45) is 1.01. The zero-order valence-electron chi connectivity index (χ0n) is 11.3. The highest BCUT2D eigenvalue weighted by molar-refractivity contribution is 5.27. The summed E-state index contributed by atoms with van der Waals surface area (Å²) >= 11 is 0.